The number of benzene rings is 1. The number of aliphatic hydroxyl groups is 1. The lowest BCUT2D eigenvalue weighted by Crippen LogP contribution is -2.48. The van der Waals surface area contributed by atoms with Crippen LogP contribution in [-0.2, 0) is 17.4 Å². The van der Waals surface area contributed by atoms with E-state index in [0.717, 1.165) is 16.3 Å². The quantitative estimate of drug-likeness (QED) is 0.837. The average molecular weight is 355 g/mol. The average Bonchev–Trinajstić information content (AvgIpc) is 2.99. The minimum Gasteiger partial charge on any atom is -0.374 e. The molecule has 2 aromatic rings. The first-order valence-corrected chi connectivity index (χ1v) is 7.73. The van der Waals surface area contributed by atoms with Crippen LogP contribution in [-0.4, -0.2) is 33.3 Å². The molecule has 5 nitrogen and oxygen atoms in total. The molecule has 0 spiro atoms. The van der Waals surface area contributed by atoms with E-state index < -0.39 is 29.9 Å². The Hall–Kier alpha value is -2.35. The largest absolute Gasteiger partial charge is 0.425 e. The Kier molecular flexibility index (Phi) is 5.52. The van der Waals surface area contributed by atoms with Crippen LogP contribution in [0.4, 0.5) is 13.2 Å². The van der Waals surface area contributed by atoms with Crippen molar-refractivity contribution in [2.75, 3.05) is 6.54 Å². The fourth-order valence-electron chi connectivity index (χ4n) is 2.53. The number of alkyl halides is 3. The molecule has 2 rings (SSSR count). The third-order valence-electron chi connectivity index (χ3n) is 4.05. The number of carbonyl (C=O) groups excluding carboxylic acids is 1. The number of amides is 1. The number of nitrogens with one attached hydrogen (secondary N) is 1. The topological polar surface area (TPSA) is 67.2 Å². The van der Waals surface area contributed by atoms with Crippen LogP contribution in [0.15, 0.2) is 42.7 Å². The van der Waals surface area contributed by atoms with Gasteiger partial charge in [0.1, 0.15) is 0 Å². The molecular formula is C17H20F3N3O2. The predicted octanol–water partition coefficient (Wildman–Crippen LogP) is 2.48. The van der Waals surface area contributed by atoms with Gasteiger partial charge in [-0.25, -0.2) is 4.98 Å². The fraction of sp³-hybridized carbons (Fsp3) is 0.412. The van der Waals surface area contributed by atoms with Crippen LogP contribution < -0.4 is 5.32 Å². The van der Waals surface area contributed by atoms with Crippen LogP contribution in [0.25, 0.3) is 0 Å². The zero-order chi connectivity index (χ0) is 18.7. The number of nitrogens with zero attached hydrogens (tertiary/aromatic N) is 2. The maximum atomic E-state index is 13.4. The molecule has 0 saturated carbocycles. The highest BCUT2D eigenvalue weighted by atomic mass is 19.4. The second-order valence-corrected chi connectivity index (χ2v) is 6.01. The zero-order valence-corrected chi connectivity index (χ0v) is 13.9. The molecule has 0 aliphatic heterocycles. The van der Waals surface area contributed by atoms with Gasteiger partial charge in [-0.2, -0.15) is 13.2 Å². The van der Waals surface area contributed by atoms with Gasteiger partial charge in [0.15, 0.2) is 5.82 Å². The molecule has 136 valence electrons. The molecular weight excluding hydrogens is 335 g/mol. The summed E-state index contributed by atoms with van der Waals surface area (Å²) in [6.07, 6.45) is -3.76. The van der Waals surface area contributed by atoms with E-state index in [9.17, 15) is 23.1 Å². The third-order valence-corrected chi connectivity index (χ3v) is 4.05. The first kappa shape index (κ1) is 19.0. The van der Waals surface area contributed by atoms with E-state index in [4.69, 9.17) is 0 Å². The van der Waals surface area contributed by atoms with Crippen molar-refractivity contribution in [3.05, 3.63) is 54.1 Å². The summed E-state index contributed by atoms with van der Waals surface area (Å²) in [5.74, 6) is -1.59. The van der Waals surface area contributed by atoms with Gasteiger partial charge in [0.25, 0.3) is 0 Å². The Morgan fingerprint density at radius 2 is 1.96 bits per heavy atom. The molecule has 2 N–H and O–H groups in total. The van der Waals surface area contributed by atoms with Crippen LogP contribution in [0, 0.1) is 0 Å². The lowest BCUT2D eigenvalue weighted by Gasteiger charge is -2.29. The number of hydrogen-bond acceptors (Lipinski definition) is 3. The van der Waals surface area contributed by atoms with Crippen molar-refractivity contribution in [2.45, 2.75) is 31.0 Å². The molecule has 1 amide bonds. The number of halogens is 3. The number of hydrogen-bond donors (Lipinski definition) is 2. The van der Waals surface area contributed by atoms with Gasteiger partial charge in [0.2, 0.25) is 11.5 Å². The summed E-state index contributed by atoms with van der Waals surface area (Å²) < 4.78 is 41.2. The van der Waals surface area contributed by atoms with E-state index >= 15 is 0 Å². The standard InChI is InChI=1S/C17H20F3N3O2/c1-12(13-6-4-3-5-7-13)11-22-14(24)10-16(25,17(18,19)20)15-21-8-9-23(15)2/h3-9,12,25H,10-11H2,1-2H3,(H,22,24)/t12-,16+/m0/s1. The number of imidazole rings is 1. The minimum absolute atomic E-state index is 0.0720. The van der Waals surface area contributed by atoms with Gasteiger partial charge in [0.05, 0.1) is 6.42 Å². The number of rotatable bonds is 6. The summed E-state index contributed by atoms with van der Waals surface area (Å²) in [7, 11) is 1.33. The van der Waals surface area contributed by atoms with Crippen molar-refractivity contribution < 1.29 is 23.1 Å². The molecule has 25 heavy (non-hydrogen) atoms. The molecule has 2 atom stereocenters. The van der Waals surface area contributed by atoms with E-state index in [1.165, 1.54) is 13.2 Å². The molecule has 0 saturated heterocycles. The Bertz CT molecular complexity index is 715. The summed E-state index contributed by atoms with van der Waals surface area (Å²) in [5.41, 5.74) is -2.39. The van der Waals surface area contributed by atoms with Crippen molar-refractivity contribution in [1.29, 1.82) is 0 Å². The number of carbonyl (C=O) groups is 1. The van der Waals surface area contributed by atoms with Crippen LogP contribution in [0.5, 0.6) is 0 Å². The normalized spacial score (nSPS) is 15.4. The highest BCUT2D eigenvalue weighted by molar-refractivity contribution is 5.77. The van der Waals surface area contributed by atoms with Crippen molar-refractivity contribution in [3.63, 3.8) is 0 Å². The molecule has 0 unspecified atom stereocenters. The van der Waals surface area contributed by atoms with E-state index in [1.54, 1.807) is 0 Å². The van der Waals surface area contributed by atoms with Crippen LogP contribution in [0.2, 0.25) is 0 Å². The Labute approximate surface area is 143 Å². The van der Waals surface area contributed by atoms with E-state index in [2.05, 4.69) is 10.3 Å². The fourth-order valence-corrected chi connectivity index (χ4v) is 2.53. The highest BCUT2D eigenvalue weighted by Crippen LogP contribution is 2.40. The van der Waals surface area contributed by atoms with Crippen molar-refractivity contribution in [1.82, 2.24) is 14.9 Å². The maximum absolute atomic E-state index is 13.4. The maximum Gasteiger partial charge on any atom is 0.425 e. The van der Waals surface area contributed by atoms with Gasteiger partial charge < -0.3 is 15.0 Å². The van der Waals surface area contributed by atoms with Crippen LogP contribution in [0.1, 0.15) is 30.7 Å². The van der Waals surface area contributed by atoms with E-state index in [1.807, 2.05) is 37.3 Å². The summed E-state index contributed by atoms with van der Waals surface area (Å²) in [4.78, 5) is 15.6. The summed E-state index contributed by atoms with van der Waals surface area (Å²) in [6.45, 7) is 2.02. The molecule has 8 heteroatoms. The lowest BCUT2D eigenvalue weighted by molar-refractivity contribution is -0.271. The molecule has 1 heterocycles. The van der Waals surface area contributed by atoms with E-state index in [0.29, 0.717) is 0 Å². The first-order valence-electron chi connectivity index (χ1n) is 7.73. The van der Waals surface area contributed by atoms with Crippen molar-refractivity contribution >= 4 is 5.91 Å². The lowest BCUT2D eigenvalue weighted by atomic mass is 9.96. The minimum atomic E-state index is -5.03. The number of aryl methyl sites for hydroxylation is 1. The number of aromatic nitrogens is 2. The first-order chi connectivity index (χ1) is 11.6. The highest BCUT2D eigenvalue weighted by Gasteiger charge is 2.58. The second kappa shape index (κ2) is 7.26. The molecule has 0 fully saturated rings. The molecule has 1 aromatic heterocycles. The predicted molar refractivity (Wildman–Crippen MR) is 85.6 cm³/mol. The molecule has 1 aromatic carbocycles. The third kappa shape index (κ3) is 4.19. The molecule has 0 radical (unpaired) electrons. The van der Waals surface area contributed by atoms with Gasteiger partial charge in [-0.15, -0.1) is 0 Å². The summed E-state index contributed by atoms with van der Waals surface area (Å²) >= 11 is 0. The van der Waals surface area contributed by atoms with Crippen molar-refractivity contribution in [3.8, 4) is 0 Å². The van der Waals surface area contributed by atoms with Gasteiger partial charge in [0, 0.05) is 26.0 Å². The Morgan fingerprint density at radius 1 is 1.32 bits per heavy atom. The van der Waals surface area contributed by atoms with Crippen molar-refractivity contribution in [2.24, 2.45) is 7.05 Å². The SMILES string of the molecule is C[C@@H](CNC(=O)C[C@@](O)(c1nccn1C)C(F)(F)F)c1ccccc1. The smallest absolute Gasteiger partial charge is 0.374 e. The zero-order valence-electron chi connectivity index (χ0n) is 13.9. The van der Waals surface area contributed by atoms with E-state index in [-0.39, 0.29) is 12.5 Å². The van der Waals surface area contributed by atoms with Gasteiger partial charge in [-0.05, 0) is 11.5 Å². The van der Waals surface area contributed by atoms with Crippen LogP contribution in [0.3, 0.4) is 0 Å². The van der Waals surface area contributed by atoms with Gasteiger partial charge in [-0.3, -0.25) is 4.79 Å². The second-order valence-electron chi connectivity index (χ2n) is 6.01. The monoisotopic (exact) mass is 355 g/mol. The van der Waals surface area contributed by atoms with Gasteiger partial charge in [-0.1, -0.05) is 37.3 Å². The van der Waals surface area contributed by atoms with Gasteiger partial charge >= 0.3 is 6.18 Å². The molecule has 0 aliphatic carbocycles. The molecule has 0 bridgehead atoms. The summed E-state index contributed by atoms with van der Waals surface area (Å²) in [6, 6.07) is 9.28. The molecule has 0 aliphatic rings. The summed E-state index contributed by atoms with van der Waals surface area (Å²) in [5, 5.41) is 12.6. The van der Waals surface area contributed by atoms with Crippen LogP contribution >= 0.6 is 0 Å². The Morgan fingerprint density at radius 3 is 2.48 bits per heavy atom. The Balaban J connectivity index is 2.07.